The third-order valence-electron chi connectivity index (χ3n) is 4.63. The van der Waals surface area contributed by atoms with Crippen molar-refractivity contribution in [2.45, 2.75) is 19.9 Å². The lowest BCUT2D eigenvalue weighted by molar-refractivity contribution is 0.168. The molecule has 0 aromatic heterocycles. The molecule has 2 atom stereocenters. The second kappa shape index (κ2) is 5.51. The molecular formula is C16H25N3. The molecule has 3 nitrogen and oxygen atoms in total. The molecule has 0 saturated carbocycles. The minimum absolute atomic E-state index is 0.750. The summed E-state index contributed by atoms with van der Waals surface area (Å²) in [6, 6.07) is 9.63. The second-order valence-corrected chi connectivity index (χ2v) is 6.06. The fourth-order valence-corrected chi connectivity index (χ4v) is 3.42. The molecule has 0 bridgehead atoms. The van der Waals surface area contributed by atoms with Gasteiger partial charge in [-0.2, -0.15) is 0 Å². The van der Waals surface area contributed by atoms with E-state index in [0.717, 1.165) is 25.0 Å². The van der Waals surface area contributed by atoms with E-state index in [1.54, 1.807) is 0 Å². The lowest BCUT2D eigenvalue weighted by atomic mass is 10.0. The maximum atomic E-state index is 3.51. The van der Waals surface area contributed by atoms with Crippen molar-refractivity contribution in [3.8, 4) is 0 Å². The number of benzene rings is 1. The number of nitrogens with one attached hydrogen (secondary N) is 1. The Morgan fingerprint density at radius 2 is 1.89 bits per heavy atom. The minimum atomic E-state index is 0.750. The van der Waals surface area contributed by atoms with E-state index in [2.05, 4.69) is 53.2 Å². The zero-order chi connectivity index (χ0) is 13.2. The van der Waals surface area contributed by atoms with E-state index in [4.69, 9.17) is 0 Å². The van der Waals surface area contributed by atoms with Gasteiger partial charge in [-0.05, 0) is 37.1 Å². The van der Waals surface area contributed by atoms with Gasteiger partial charge in [0.15, 0.2) is 0 Å². The molecule has 1 aromatic carbocycles. The van der Waals surface area contributed by atoms with Crippen LogP contribution in [0, 0.1) is 12.8 Å². The largest absolute Gasteiger partial charge is 0.369 e. The van der Waals surface area contributed by atoms with Crippen LogP contribution in [0.2, 0.25) is 0 Å². The number of hydrogen-bond donors (Lipinski definition) is 1. The summed E-state index contributed by atoms with van der Waals surface area (Å²) in [6.45, 7) is 11.6. The first-order valence-electron chi connectivity index (χ1n) is 7.50. The maximum Gasteiger partial charge on any atom is 0.0369 e. The van der Waals surface area contributed by atoms with Gasteiger partial charge >= 0.3 is 0 Å². The lowest BCUT2D eigenvalue weighted by Gasteiger charge is -2.40. The number of rotatable bonds is 2. The van der Waals surface area contributed by atoms with E-state index >= 15 is 0 Å². The van der Waals surface area contributed by atoms with Gasteiger partial charge in [0.05, 0.1) is 0 Å². The molecular weight excluding hydrogens is 234 g/mol. The summed E-state index contributed by atoms with van der Waals surface area (Å²) in [5.74, 6) is 0.797. The van der Waals surface area contributed by atoms with Crippen molar-refractivity contribution in [3.63, 3.8) is 0 Å². The van der Waals surface area contributed by atoms with Gasteiger partial charge in [-0.25, -0.2) is 0 Å². The molecule has 2 unspecified atom stereocenters. The molecule has 1 aromatic rings. The first kappa shape index (κ1) is 12.9. The zero-order valence-corrected chi connectivity index (χ0v) is 12.1. The molecule has 2 fully saturated rings. The summed E-state index contributed by atoms with van der Waals surface area (Å²) in [5.41, 5.74) is 2.74. The summed E-state index contributed by atoms with van der Waals surface area (Å²) in [7, 11) is 0. The average molecular weight is 259 g/mol. The number of hydrogen-bond acceptors (Lipinski definition) is 3. The van der Waals surface area contributed by atoms with Crippen molar-refractivity contribution >= 4 is 5.69 Å². The highest BCUT2D eigenvalue weighted by Gasteiger charge is 2.30. The van der Waals surface area contributed by atoms with Crippen molar-refractivity contribution < 1.29 is 0 Å². The highest BCUT2D eigenvalue weighted by Crippen LogP contribution is 2.21. The molecule has 0 aliphatic carbocycles. The number of anilines is 1. The predicted octanol–water partition coefficient (Wildman–Crippen LogP) is 1.72. The zero-order valence-electron chi connectivity index (χ0n) is 12.1. The van der Waals surface area contributed by atoms with Crippen molar-refractivity contribution in [2.24, 2.45) is 5.92 Å². The normalized spacial score (nSPS) is 28.8. The first-order valence-corrected chi connectivity index (χ1v) is 7.50. The van der Waals surface area contributed by atoms with Crippen LogP contribution in [0.25, 0.3) is 0 Å². The smallest absolute Gasteiger partial charge is 0.0369 e. The van der Waals surface area contributed by atoms with Gasteiger partial charge in [0.2, 0.25) is 0 Å². The Bertz CT molecular complexity index is 424. The lowest BCUT2D eigenvalue weighted by Crippen LogP contribution is -2.52. The Labute approximate surface area is 116 Å². The van der Waals surface area contributed by atoms with E-state index in [9.17, 15) is 0 Å². The molecule has 0 spiro atoms. The molecule has 0 amide bonds. The summed E-state index contributed by atoms with van der Waals surface area (Å²) in [4.78, 5) is 5.20. The standard InChI is InChI=1S/C16H25N3/c1-13-4-3-5-15(10-13)18-6-8-19(9-7-18)16-12-17-11-14(16)2/h3-5,10,14,16-17H,6-9,11-12H2,1-2H3. The molecule has 0 radical (unpaired) electrons. The summed E-state index contributed by atoms with van der Waals surface area (Å²) in [5, 5.41) is 3.51. The van der Waals surface area contributed by atoms with Gasteiger partial charge in [0.25, 0.3) is 0 Å². The van der Waals surface area contributed by atoms with Gasteiger partial charge in [-0.15, -0.1) is 0 Å². The Morgan fingerprint density at radius 1 is 1.11 bits per heavy atom. The van der Waals surface area contributed by atoms with E-state index in [-0.39, 0.29) is 0 Å². The van der Waals surface area contributed by atoms with Crippen molar-refractivity contribution in [1.29, 1.82) is 0 Å². The monoisotopic (exact) mass is 259 g/mol. The highest BCUT2D eigenvalue weighted by atomic mass is 15.3. The van der Waals surface area contributed by atoms with E-state index in [1.165, 1.54) is 37.4 Å². The Kier molecular flexibility index (Phi) is 3.76. The molecule has 19 heavy (non-hydrogen) atoms. The van der Waals surface area contributed by atoms with Crippen LogP contribution in [0.5, 0.6) is 0 Å². The molecule has 2 heterocycles. The summed E-state index contributed by atoms with van der Waals surface area (Å²) >= 11 is 0. The Balaban J connectivity index is 1.60. The van der Waals surface area contributed by atoms with Crippen LogP contribution in [0.3, 0.4) is 0 Å². The van der Waals surface area contributed by atoms with E-state index in [1.807, 2.05) is 0 Å². The predicted molar refractivity (Wildman–Crippen MR) is 80.8 cm³/mol. The quantitative estimate of drug-likeness (QED) is 0.872. The third kappa shape index (κ3) is 2.77. The second-order valence-electron chi connectivity index (χ2n) is 6.06. The molecule has 104 valence electrons. The summed E-state index contributed by atoms with van der Waals surface area (Å²) in [6.07, 6.45) is 0. The first-order chi connectivity index (χ1) is 9.24. The third-order valence-corrected chi connectivity index (χ3v) is 4.63. The van der Waals surface area contributed by atoms with Crippen LogP contribution in [-0.2, 0) is 0 Å². The number of piperazine rings is 1. The van der Waals surface area contributed by atoms with Gasteiger partial charge in [0, 0.05) is 44.5 Å². The van der Waals surface area contributed by atoms with Crippen molar-refractivity contribution in [2.75, 3.05) is 44.2 Å². The fourth-order valence-electron chi connectivity index (χ4n) is 3.42. The van der Waals surface area contributed by atoms with Gasteiger partial charge in [-0.3, -0.25) is 4.90 Å². The Morgan fingerprint density at radius 3 is 2.53 bits per heavy atom. The van der Waals surface area contributed by atoms with Gasteiger partial charge in [0.1, 0.15) is 0 Å². The topological polar surface area (TPSA) is 18.5 Å². The molecule has 1 N–H and O–H groups in total. The molecule has 3 rings (SSSR count). The van der Waals surface area contributed by atoms with Gasteiger partial charge in [-0.1, -0.05) is 19.1 Å². The molecule has 2 saturated heterocycles. The number of aryl methyl sites for hydroxylation is 1. The average Bonchev–Trinajstić information content (AvgIpc) is 2.85. The molecule has 2 aliphatic heterocycles. The van der Waals surface area contributed by atoms with Crippen molar-refractivity contribution in [1.82, 2.24) is 10.2 Å². The van der Waals surface area contributed by atoms with E-state index in [0.29, 0.717) is 0 Å². The highest BCUT2D eigenvalue weighted by molar-refractivity contribution is 5.48. The summed E-state index contributed by atoms with van der Waals surface area (Å²) < 4.78 is 0. The van der Waals surface area contributed by atoms with Crippen LogP contribution < -0.4 is 10.2 Å². The van der Waals surface area contributed by atoms with Gasteiger partial charge < -0.3 is 10.2 Å². The SMILES string of the molecule is Cc1cccc(N2CCN(C3CNCC3C)CC2)c1. The Hall–Kier alpha value is -1.06. The minimum Gasteiger partial charge on any atom is -0.369 e. The van der Waals surface area contributed by atoms with Crippen molar-refractivity contribution in [3.05, 3.63) is 29.8 Å². The van der Waals surface area contributed by atoms with Crippen LogP contribution in [-0.4, -0.2) is 50.2 Å². The van der Waals surface area contributed by atoms with Crippen LogP contribution in [0.4, 0.5) is 5.69 Å². The maximum absolute atomic E-state index is 3.51. The molecule has 2 aliphatic rings. The van der Waals surface area contributed by atoms with E-state index < -0.39 is 0 Å². The van der Waals surface area contributed by atoms with Crippen LogP contribution in [0.15, 0.2) is 24.3 Å². The fraction of sp³-hybridized carbons (Fsp3) is 0.625. The van der Waals surface area contributed by atoms with Crippen LogP contribution >= 0.6 is 0 Å². The van der Waals surface area contributed by atoms with Crippen LogP contribution in [0.1, 0.15) is 12.5 Å². The molecule has 3 heteroatoms. The number of nitrogens with zero attached hydrogens (tertiary/aromatic N) is 2.